The lowest BCUT2D eigenvalue weighted by Crippen LogP contribution is -1.99. The first kappa shape index (κ1) is 16.2. The number of nitrogens with zero attached hydrogens (tertiary/aromatic N) is 2. The molecule has 4 aromatic heterocycles. The minimum Gasteiger partial charge on any atom is -0.453 e. The molecule has 0 fully saturated rings. The number of benzene rings is 3. The fourth-order valence-electron chi connectivity index (χ4n) is 4.13. The van der Waals surface area contributed by atoms with Crippen molar-refractivity contribution in [3.05, 3.63) is 56.9 Å². The summed E-state index contributed by atoms with van der Waals surface area (Å²) in [7, 11) is 0. The second-order valence-corrected chi connectivity index (χ2v) is 7.52. The van der Waals surface area contributed by atoms with E-state index in [2.05, 4.69) is 29.9 Å². The van der Waals surface area contributed by atoms with Gasteiger partial charge in [0.25, 0.3) is 0 Å². The van der Waals surface area contributed by atoms with Crippen LogP contribution in [0.3, 0.4) is 0 Å². The van der Waals surface area contributed by atoms with E-state index in [4.69, 9.17) is 8.83 Å². The van der Waals surface area contributed by atoms with Crippen LogP contribution in [0.15, 0.2) is 48.8 Å². The van der Waals surface area contributed by atoms with Crippen LogP contribution in [-0.4, -0.2) is 29.9 Å². The molecule has 0 aliphatic carbocycles. The maximum atomic E-state index is 11.6. The highest BCUT2D eigenvalue weighted by Gasteiger charge is 2.14. The summed E-state index contributed by atoms with van der Waals surface area (Å²) in [4.78, 5) is 43.1. The van der Waals surface area contributed by atoms with Gasteiger partial charge in [0.05, 0.1) is 44.1 Å². The molecule has 0 spiro atoms. The summed E-state index contributed by atoms with van der Waals surface area (Å²) < 4.78 is 12.3. The standard InChI is InChI=1S/C21H12N6O4/c1-7-18-17(30-15-4-10-9(3-13(15)23-18)25-21(29)26-10)6-14-19(7)31-16-5-11-8(2-12(16)22-14)24-20(28)27-11/h2-6,22-23H,1H3,(H2,24,27,28). The number of aromatic amines is 4. The van der Waals surface area contributed by atoms with Crippen molar-refractivity contribution in [1.29, 1.82) is 0 Å². The lowest BCUT2D eigenvalue weighted by molar-refractivity contribution is 0.646. The molecule has 7 aromatic rings. The number of nitrogens with one attached hydrogen (secondary N) is 4. The zero-order valence-electron chi connectivity index (χ0n) is 15.9. The van der Waals surface area contributed by atoms with Gasteiger partial charge in [-0.15, -0.1) is 0 Å². The number of rotatable bonds is 0. The van der Waals surface area contributed by atoms with Crippen LogP contribution in [0.5, 0.6) is 0 Å². The average molecular weight is 412 g/mol. The number of hydrogen-bond donors (Lipinski definition) is 4. The summed E-state index contributed by atoms with van der Waals surface area (Å²) in [6.07, 6.45) is 0. The van der Waals surface area contributed by atoms with Gasteiger partial charge in [0.1, 0.15) is 0 Å². The van der Waals surface area contributed by atoms with Gasteiger partial charge < -0.3 is 28.8 Å². The molecule has 7 rings (SSSR count). The summed E-state index contributed by atoms with van der Waals surface area (Å²) in [6.45, 7) is 1.93. The first-order chi connectivity index (χ1) is 15.0. The third-order valence-electron chi connectivity index (χ3n) is 5.57. The third kappa shape index (κ3) is 2.21. The van der Waals surface area contributed by atoms with Crippen molar-refractivity contribution in [2.75, 3.05) is 0 Å². The molecule has 0 aliphatic heterocycles. The van der Waals surface area contributed by atoms with Crippen molar-refractivity contribution in [3.8, 4) is 0 Å². The van der Waals surface area contributed by atoms with Gasteiger partial charge in [0.15, 0.2) is 22.3 Å². The van der Waals surface area contributed by atoms with Gasteiger partial charge in [0, 0.05) is 23.8 Å². The smallest absolute Gasteiger partial charge is 0.368 e. The van der Waals surface area contributed by atoms with E-state index in [1.54, 1.807) is 18.2 Å². The van der Waals surface area contributed by atoms with Gasteiger partial charge in [0.2, 0.25) is 0 Å². The molecule has 4 N–H and O–H groups in total. The largest absolute Gasteiger partial charge is 0.453 e. The van der Waals surface area contributed by atoms with Gasteiger partial charge >= 0.3 is 11.4 Å². The van der Waals surface area contributed by atoms with Crippen molar-refractivity contribution in [3.63, 3.8) is 0 Å². The first-order valence-electron chi connectivity index (χ1n) is 9.51. The summed E-state index contributed by atoms with van der Waals surface area (Å²) in [5, 5.41) is 0. The Hall–Kier alpha value is -4.60. The highest BCUT2D eigenvalue weighted by molar-refractivity contribution is 6.00. The number of aryl methyl sites for hydroxylation is 1. The Labute approximate surface area is 169 Å². The van der Waals surface area contributed by atoms with Crippen molar-refractivity contribution in [2.24, 2.45) is 0 Å². The zero-order valence-corrected chi connectivity index (χ0v) is 15.9. The van der Waals surface area contributed by atoms with E-state index >= 15 is 0 Å². The van der Waals surface area contributed by atoms with E-state index in [0.29, 0.717) is 49.9 Å². The van der Waals surface area contributed by atoms with E-state index in [1.165, 1.54) is 0 Å². The maximum absolute atomic E-state index is 11.6. The van der Waals surface area contributed by atoms with E-state index in [1.807, 2.05) is 19.1 Å². The zero-order chi connectivity index (χ0) is 20.9. The molecule has 0 bridgehead atoms. The summed E-state index contributed by atoms with van der Waals surface area (Å²) in [6, 6.07) is 8.89. The Morgan fingerprint density at radius 3 is 2.19 bits per heavy atom. The van der Waals surface area contributed by atoms with Gasteiger partial charge in [-0.3, -0.25) is 0 Å². The number of imidazole rings is 2. The van der Waals surface area contributed by atoms with Crippen molar-refractivity contribution < 1.29 is 8.83 Å². The number of hydrogen-bond acceptors (Lipinski definition) is 6. The Morgan fingerprint density at radius 1 is 0.677 bits per heavy atom. The molecule has 0 radical (unpaired) electrons. The summed E-state index contributed by atoms with van der Waals surface area (Å²) in [5.74, 6) is 0. The molecule has 150 valence electrons. The highest BCUT2D eigenvalue weighted by Crippen LogP contribution is 2.31. The molecule has 4 heterocycles. The van der Waals surface area contributed by atoms with E-state index in [-0.39, 0.29) is 5.69 Å². The molecular weight excluding hydrogens is 400 g/mol. The third-order valence-corrected chi connectivity index (χ3v) is 5.57. The topological polar surface area (TPSA) is 149 Å². The number of H-pyrrole nitrogens is 4. The second kappa shape index (κ2) is 5.30. The molecule has 3 aromatic carbocycles. The fraction of sp³-hybridized carbons (Fsp3) is 0.0476. The van der Waals surface area contributed by atoms with Crippen LogP contribution in [0.25, 0.3) is 66.5 Å². The van der Waals surface area contributed by atoms with Crippen LogP contribution in [0.1, 0.15) is 5.56 Å². The molecule has 0 amide bonds. The SMILES string of the molecule is Cc1c2[nH]c3cc4nc(=O)nc4cc3oc2cc2[nH]c3cc4[nH]c(=O)[nH]c4cc3oc12. The molecule has 10 heteroatoms. The summed E-state index contributed by atoms with van der Waals surface area (Å²) in [5.41, 5.74) is 7.74. The van der Waals surface area contributed by atoms with E-state index < -0.39 is 5.69 Å². The second-order valence-electron chi connectivity index (χ2n) is 7.52. The first-order valence-corrected chi connectivity index (χ1v) is 9.51. The molecule has 0 saturated heterocycles. The Morgan fingerprint density at radius 2 is 1.35 bits per heavy atom. The molecule has 0 aliphatic rings. The van der Waals surface area contributed by atoms with Crippen LogP contribution in [0.2, 0.25) is 0 Å². The maximum Gasteiger partial charge on any atom is 0.368 e. The molecule has 31 heavy (non-hydrogen) atoms. The van der Waals surface area contributed by atoms with E-state index in [0.717, 1.165) is 22.1 Å². The van der Waals surface area contributed by atoms with Crippen LogP contribution in [0.4, 0.5) is 0 Å². The van der Waals surface area contributed by atoms with Crippen LogP contribution >= 0.6 is 0 Å². The van der Waals surface area contributed by atoms with Crippen LogP contribution < -0.4 is 11.4 Å². The normalized spacial score (nSPS) is 12.3. The van der Waals surface area contributed by atoms with Gasteiger partial charge in [-0.1, -0.05) is 0 Å². The predicted molar refractivity (Wildman–Crippen MR) is 115 cm³/mol. The molecular formula is C21H12N6O4. The Bertz CT molecular complexity index is 1870. The van der Waals surface area contributed by atoms with Gasteiger partial charge in [-0.2, -0.15) is 9.97 Å². The van der Waals surface area contributed by atoms with Crippen molar-refractivity contribution >= 4 is 66.5 Å². The highest BCUT2D eigenvalue weighted by atomic mass is 16.3. The van der Waals surface area contributed by atoms with Crippen molar-refractivity contribution in [1.82, 2.24) is 29.9 Å². The average Bonchev–Trinajstić information content (AvgIpc) is 3.27. The predicted octanol–water partition coefficient (Wildman–Crippen LogP) is 3.49. The van der Waals surface area contributed by atoms with Crippen LogP contribution in [0, 0.1) is 6.92 Å². The minimum absolute atomic E-state index is 0.274. The number of aromatic nitrogens is 6. The molecule has 0 saturated carbocycles. The molecule has 0 unspecified atom stereocenters. The Kier molecular flexibility index (Phi) is 2.78. The lowest BCUT2D eigenvalue weighted by atomic mass is 10.1. The minimum atomic E-state index is -0.519. The molecule has 10 nitrogen and oxygen atoms in total. The monoisotopic (exact) mass is 412 g/mol. The Balaban J connectivity index is 1.59. The lowest BCUT2D eigenvalue weighted by Gasteiger charge is -2.10. The number of fused-ring (bicyclic) bond motifs is 6. The fourth-order valence-corrected chi connectivity index (χ4v) is 4.13. The quantitative estimate of drug-likeness (QED) is 0.280. The molecule has 0 atom stereocenters. The van der Waals surface area contributed by atoms with Gasteiger partial charge in [-0.05, 0) is 19.1 Å². The summed E-state index contributed by atoms with van der Waals surface area (Å²) >= 11 is 0. The van der Waals surface area contributed by atoms with E-state index in [9.17, 15) is 9.59 Å². The van der Waals surface area contributed by atoms with Crippen molar-refractivity contribution in [2.45, 2.75) is 6.92 Å². The van der Waals surface area contributed by atoms with Crippen LogP contribution in [-0.2, 0) is 0 Å². The van der Waals surface area contributed by atoms with Gasteiger partial charge in [-0.25, -0.2) is 9.59 Å².